The zero-order valence-electron chi connectivity index (χ0n) is 15.3. The van der Waals surface area contributed by atoms with Gasteiger partial charge in [0, 0.05) is 16.3 Å². The molecule has 2 aromatic rings. The summed E-state index contributed by atoms with van der Waals surface area (Å²) < 4.78 is 5.06. The molecule has 0 aliphatic heterocycles. The summed E-state index contributed by atoms with van der Waals surface area (Å²) in [5.74, 6) is -0.477. The zero-order valence-corrected chi connectivity index (χ0v) is 16.8. The summed E-state index contributed by atoms with van der Waals surface area (Å²) in [5.41, 5.74) is 3.08. The van der Waals surface area contributed by atoms with Crippen LogP contribution in [0.5, 0.6) is 0 Å². The van der Waals surface area contributed by atoms with Crippen LogP contribution in [0.3, 0.4) is 0 Å². The fourth-order valence-corrected chi connectivity index (χ4v) is 3.43. The lowest BCUT2D eigenvalue weighted by atomic mass is 10.1. The Bertz CT molecular complexity index is 830. The average molecular weight is 398 g/mol. The van der Waals surface area contributed by atoms with Crippen molar-refractivity contribution in [1.29, 1.82) is 0 Å². The van der Waals surface area contributed by atoms with E-state index in [1.165, 1.54) is 0 Å². The van der Waals surface area contributed by atoms with Crippen molar-refractivity contribution in [2.75, 3.05) is 20.2 Å². The summed E-state index contributed by atoms with van der Waals surface area (Å²) in [7, 11) is 1.92. The van der Waals surface area contributed by atoms with Gasteiger partial charge in [-0.3, -0.25) is 4.79 Å². The van der Waals surface area contributed by atoms with Gasteiger partial charge in [-0.1, -0.05) is 29.3 Å². The molecule has 0 bridgehead atoms. The number of carbonyl (C=O) groups excluding carboxylic acids is 2. The maximum Gasteiger partial charge on any atom is 0.340 e. The topological polar surface area (TPSA) is 63.6 Å². The minimum absolute atomic E-state index is 0.0660. The van der Waals surface area contributed by atoms with Crippen LogP contribution in [-0.4, -0.2) is 36.9 Å². The van der Waals surface area contributed by atoms with Gasteiger partial charge in [-0.25, -0.2) is 4.79 Å². The van der Waals surface area contributed by atoms with Crippen LogP contribution < -0.4 is 4.90 Å². The first-order valence-corrected chi connectivity index (χ1v) is 9.14. The fourth-order valence-electron chi connectivity index (χ4n) is 2.95. The molecule has 1 aromatic heterocycles. The molecule has 1 aromatic carbocycles. The number of ether oxygens (including phenoxy) is 1. The highest BCUT2D eigenvalue weighted by Gasteiger charge is 2.24. The van der Waals surface area contributed by atoms with Crippen LogP contribution in [0, 0.1) is 13.8 Å². The van der Waals surface area contributed by atoms with E-state index in [9.17, 15) is 9.59 Å². The van der Waals surface area contributed by atoms with Gasteiger partial charge in [0.05, 0.1) is 29.9 Å². The molecule has 0 radical (unpaired) electrons. The number of aromatic nitrogens is 1. The molecule has 0 aliphatic carbocycles. The molecule has 2 rings (SSSR count). The number of hydrogen-bond donors (Lipinski definition) is 2. The highest BCUT2D eigenvalue weighted by molar-refractivity contribution is 6.35. The number of H-pyrrole nitrogens is 1. The normalized spacial score (nSPS) is 12.1. The van der Waals surface area contributed by atoms with Crippen molar-refractivity contribution < 1.29 is 19.2 Å². The second-order valence-electron chi connectivity index (χ2n) is 6.32. The molecule has 140 valence electrons. The second-order valence-corrected chi connectivity index (χ2v) is 7.16. The average Bonchev–Trinajstić information content (AvgIpc) is 2.85. The Morgan fingerprint density at radius 2 is 1.92 bits per heavy atom. The number of ketones is 1. The van der Waals surface area contributed by atoms with Gasteiger partial charge in [-0.05, 0) is 38.5 Å². The van der Waals surface area contributed by atoms with Crippen molar-refractivity contribution in [3.05, 3.63) is 56.3 Å². The van der Waals surface area contributed by atoms with Crippen molar-refractivity contribution in [3.8, 4) is 0 Å². The number of Topliss-reactive ketones (excluding diaryl/α,β-unsaturated/α-hetero) is 1. The Morgan fingerprint density at radius 3 is 2.54 bits per heavy atom. The fraction of sp³-hybridized carbons (Fsp3) is 0.368. The van der Waals surface area contributed by atoms with Crippen molar-refractivity contribution >= 4 is 35.0 Å². The van der Waals surface area contributed by atoms with Crippen LogP contribution in [-0.2, 0) is 11.3 Å². The van der Waals surface area contributed by atoms with E-state index < -0.39 is 5.97 Å². The maximum absolute atomic E-state index is 12.7. The van der Waals surface area contributed by atoms with Crippen LogP contribution in [0.15, 0.2) is 18.2 Å². The first-order valence-electron chi connectivity index (χ1n) is 8.39. The third-order valence-electron chi connectivity index (χ3n) is 4.17. The summed E-state index contributed by atoms with van der Waals surface area (Å²) in [6.45, 7) is 6.42. The summed E-state index contributed by atoms with van der Waals surface area (Å²) in [5, 5.41) is 1.16. The predicted molar refractivity (Wildman–Crippen MR) is 102 cm³/mol. The monoisotopic (exact) mass is 397 g/mol. The van der Waals surface area contributed by atoms with Crippen molar-refractivity contribution in [1.82, 2.24) is 4.98 Å². The van der Waals surface area contributed by atoms with E-state index in [0.29, 0.717) is 45.7 Å². The highest BCUT2D eigenvalue weighted by atomic mass is 35.5. The smallest absolute Gasteiger partial charge is 0.340 e. The molecule has 2 N–H and O–H groups in total. The molecule has 26 heavy (non-hydrogen) atoms. The number of hydrogen-bond acceptors (Lipinski definition) is 3. The third-order valence-corrected chi connectivity index (χ3v) is 4.75. The number of aromatic amines is 1. The Balaban J connectivity index is 2.12. The van der Waals surface area contributed by atoms with Gasteiger partial charge in [0.25, 0.3) is 0 Å². The van der Waals surface area contributed by atoms with Gasteiger partial charge in [-0.2, -0.15) is 0 Å². The SMILES string of the molecule is CCOC(=O)c1c(C)[nH]c(C(=O)C[NH+](C)Cc2ccc(Cl)cc2Cl)c1C. The Hall–Kier alpha value is -1.82. The van der Waals surface area contributed by atoms with Crippen LogP contribution >= 0.6 is 23.2 Å². The number of nitrogens with one attached hydrogen (secondary N) is 2. The molecule has 0 amide bonds. The predicted octanol–water partition coefficient (Wildman–Crippen LogP) is 3.01. The number of benzene rings is 1. The molecule has 1 heterocycles. The number of halogens is 2. The molecule has 7 heteroatoms. The van der Waals surface area contributed by atoms with E-state index in [1.807, 2.05) is 13.1 Å². The van der Waals surface area contributed by atoms with Gasteiger partial charge in [0.2, 0.25) is 5.78 Å². The number of esters is 1. The van der Waals surface area contributed by atoms with E-state index in [4.69, 9.17) is 27.9 Å². The van der Waals surface area contributed by atoms with Crippen LogP contribution in [0.1, 0.15) is 44.6 Å². The van der Waals surface area contributed by atoms with E-state index >= 15 is 0 Å². The molecule has 0 aliphatic rings. The minimum Gasteiger partial charge on any atom is -0.462 e. The second kappa shape index (κ2) is 8.71. The quantitative estimate of drug-likeness (QED) is 0.557. The number of quaternary nitrogens is 1. The molecule has 0 fully saturated rings. The number of aryl methyl sites for hydroxylation is 1. The lowest BCUT2D eigenvalue weighted by Gasteiger charge is -2.14. The molecule has 1 atom stereocenters. The van der Waals surface area contributed by atoms with E-state index in [-0.39, 0.29) is 12.3 Å². The van der Waals surface area contributed by atoms with Crippen molar-refractivity contribution in [2.24, 2.45) is 0 Å². The lowest BCUT2D eigenvalue weighted by molar-refractivity contribution is -0.884. The Morgan fingerprint density at radius 1 is 1.23 bits per heavy atom. The van der Waals surface area contributed by atoms with E-state index in [0.717, 1.165) is 10.5 Å². The zero-order chi connectivity index (χ0) is 19.4. The Labute approximate surface area is 163 Å². The lowest BCUT2D eigenvalue weighted by Crippen LogP contribution is -3.08. The molecule has 0 saturated carbocycles. The maximum atomic E-state index is 12.7. The highest BCUT2D eigenvalue weighted by Crippen LogP contribution is 2.21. The van der Waals surface area contributed by atoms with Crippen LogP contribution in [0.2, 0.25) is 10.0 Å². The molecule has 0 spiro atoms. The Kier molecular flexibility index (Phi) is 6.87. The first-order chi connectivity index (χ1) is 12.2. The van der Waals surface area contributed by atoms with Gasteiger partial charge < -0.3 is 14.6 Å². The molecular formula is C19H23Cl2N2O3+. The van der Waals surface area contributed by atoms with Crippen molar-refractivity contribution in [2.45, 2.75) is 27.3 Å². The van der Waals surface area contributed by atoms with Gasteiger partial charge in [0.15, 0.2) is 0 Å². The number of rotatable bonds is 7. The standard InChI is InChI=1S/C19H22Cl2N2O3/c1-5-26-19(25)17-11(2)18(22-12(17)3)16(24)10-23(4)9-13-6-7-14(20)8-15(13)21/h6-8,22H,5,9-10H2,1-4H3/p+1. The van der Waals surface area contributed by atoms with Crippen LogP contribution in [0.4, 0.5) is 0 Å². The summed E-state index contributed by atoms with van der Waals surface area (Å²) in [4.78, 5) is 28.8. The summed E-state index contributed by atoms with van der Waals surface area (Å²) in [6.07, 6.45) is 0. The molecule has 0 saturated heterocycles. The summed E-state index contributed by atoms with van der Waals surface area (Å²) in [6, 6.07) is 5.33. The van der Waals surface area contributed by atoms with Crippen molar-refractivity contribution in [3.63, 3.8) is 0 Å². The van der Waals surface area contributed by atoms with Gasteiger partial charge >= 0.3 is 5.97 Å². The minimum atomic E-state index is -0.411. The van der Waals surface area contributed by atoms with Gasteiger partial charge in [0.1, 0.15) is 13.1 Å². The van der Waals surface area contributed by atoms with E-state index in [2.05, 4.69) is 4.98 Å². The molecule has 5 nitrogen and oxygen atoms in total. The van der Waals surface area contributed by atoms with E-state index in [1.54, 1.807) is 32.9 Å². The summed E-state index contributed by atoms with van der Waals surface area (Å²) >= 11 is 12.1. The molecule has 1 unspecified atom stereocenters. The third kappa shape index (κ3) is 4.67. The molecular weight excluding hydrogens is 375 g/mol. The van der Waals surface area contributed by atoms with Gasteiger partial charge in [-0.15, -0.1) is 0 Å². The van der Waals surface area contributed by atoms with Crippen LogP contribution in [0.25, 0.3) is 0 Å². The number of likely N-dealkylation sites (N-methyl/N-ethyl adjacent to an activating group) is 1. The number of carbonyl (C=O) groups is 2. The first kappa shape index (κ1) is 20.5. The largest absolute Gasteiger partial charge is 0.462 e.